The van der Waals surface area contributed by atoms with E-state index in [0.29, 0.717) is 42.9 Å². The summed E-state index contributed by atoms with van der Waals surface area (Å²) in [4.78, 5) is 42.4. The maximum atomic E-state index is 15.2. The standard InChI is InChI=1S/C43H60N2O10/c1-39(2)34-33(48)35(49)42(26-7-5-4-6-8-26)30(41(34)21-52-32(47)18-31(41)54-39)13-15-40(3)36(53-38(50)37-43(40,42)55-37)27-14-16-51-29(27)17-25(20-46)23-9-11-24(12-10-23)28-19-44-22-45-28/h14,16,23-26,28,30-31,34-37,44-46,49H,4-13,15,17-22H2,1-3H3. The topological polar surface area (TPSA) is 169 Å². The quantitative estimate of drug-likeness (QED) is 0.232. The second-order valence-electron chi connectivity index (χ2n) is 19.8. The molecular weight excluding hydrogens is 704 g/mol. The number of ether oxygens (including phenoxy) is 4. The first-order valence-electron chi connectivity index (χ1n) is 21.5. The number of cyclic esters (lactones) is 2. The molecule has 1 aromatic heterocycles. The Hall–Kier alpha value is -2.35. The molecule has 2 spiro atoms. The highest BCUT2D eigenvalue weighted by Gasteiger charge is 2.92. The van der Waals surface area contributed by atoms with E-state index >= 15 is 4.79 Å². The molecule has 12 heteroatoms. The molecule has 10 rings (SSSR count). The van der Waals surface area contributed by atoms with Gasteiger partial charge in [0.25, 0.3) is 0 Å². The van der Waals surface area contributed by atoms with Gasteiger partial charge in [-0.05, 0) is 101 Å². The van der Waals surface area contributed by atoms with Crippen LogP contribution >= 0.6 is 0 Å². The summed E-state index contributed by atoms with van der Waals surface area (Å²) in [5.41, 5.74) is -4.10. The fourth-order valence-electron chi connectivity index (χ4n) is 15.2. The first-order valence-corrected chi connectivity index (χ1v) is 21.5. The number of epoxide rings is 1. The number of Topliss-reactive ketones (excluding diaryl/α,β-unsaturated/α-hetero) is 1. The molecule has 5 aliphatic heterocycles. The van der Waals surface area contributed by atoms with Gasteiger partial charge in [-0.15, -0.1) is 0 Å². The van der Waals surface area contributed by atoms with Crippen molar-refractivity contribution in [2.45, 2.75) is 146 Å². The van der Waals surface area contributed by atoms with E-state index in [1.54, 1.807) is 6.26 Å². The molecule has 0 aromatic carbocycles. The fraction of sp³-hybridized carbons (Fsp3) is 0.837. The predicted molar refractivity (Wildman–Crippen MR) is 196 cm³/mol. The second-order valence-corrected chi connectivity index (χ2v) is 19.8. The molecule has 0 amide bonds. The third kappa shape index (κ3) is 4.81. The van der Waals surface area contributed by atoms with Crippen LogP contribution in [-0.2, 0) is 39.8 Å². The van der Waals surface area contributed by atoms with Crippen LogP contribution in [0.5, 0.6) is 0 Å². The van der Waals surface area contributed by atoms with Crippen molar-refractivity contribution < 1.29 is 48.0 Å². The molecule has 0 radical (unpaired) electrons. The normalized spacial score (nSPS) is 48.1. The summed E-state index contributed by atoms with van der Waals surface area (Å²) in [7, 11) is 0. The number of carbonyl (C=O) groups excluding carboxylic acids is 3. The van der Waals surface area contributed by atoms with Gasteiger partial charge in [-0.2, -0.15) is 0 Å². The van der Waals surface area contributed by atoms with E-state index in [-0.39, 0.29) is 49.1 Å². The SMILES string of the molecule is CC1(C)OC2CC(=O)OCC23C1C(=O)C(O)C1(C2CCCCC2)C3CCC2(C)C(c3ccoc3CC(CO)C3CCC(C4CNCN4)CC3)OC(=O)C3OC321. The fourth-order valence-corrected chi connectivity index (χ4v) is 15.2. The summed E-state index contributed by atoms with van der Waals surface area (Å²) in [5.74, 6) is -0.422. The lowest BCUT2D eigenvalue weighted by atomic mass is 9.33. The highest BCUT2D eigenvalue weighted by molar-refractivity contribution is 5.92. The van der Waals surface area contributed by atoms with Gasteiger partial charge in [0.1, 0.15) is 30.2 Å². The zero-order valence-corrected chi connectivity index (χ0v) is 32.7. The number of esters is 2. The van der Waals surface area contributed by atoms with Gasteiger partial charge >= 0.3 is 11.9 Å². The minimum absolute atomic E-state index is 0.00120. The van der Waals surface area contributed by atoms with Gasteiger partial charge in [0.2, 0.25) is 0 Å². The van der Waals surface area contributed by atoms with Crippen LogP contribution in [0.15, 0.2) is 16.7 Å². The van der Waals surface area contributed by atoms with Crippen LogP contribution in [0.4, 0.5) is 0 Å². The van der Waals surface area contributed by atoms with E-state index in [0.717, 1.165) is 76.6 Å². The average molecular weight is 765 g/mol. The average Bonchev–Trinajstić information content (AvgIpc) is 3.44. The maximum Gasteiger partial charge on any atom is 0.339 e. The molecule has 12 atom stereocenters. The molecule has 0 bridgehead atoms. The van der Waals surface area contributed by atoms with Crippen molar-refractivity contribution >= 4 is 17.7 Å². The number of nitrogens with one attached hydrogen (secondary N) is 2. The van der Waals surface area contributed by atoms with Gasteiger partial charge in [0, 0.05) is 54.1 Å². The highest BCUT2D eigenvalue weighted by Crippen LogP contribution is 2.82. The lowest BCUT2D eigenvalue weighted by Crippen LogP contribution is -2.79. The van der Waals surface area contributed by atoms with E-state index in [4.69, 9.17) is 23.4 Å². The van der Waals surface area contributed by atoms with Crippen LogP contribution in [0.25, 0.3) is 0 Å². The number of fused-ring (bicyclic) bond motifs is 1. The van der Waals surface area contributed by atoms with Gasteiger partial charge in [-0.25, -0.2) is 4.79 Å². The molecule has 6 heterocycles. The number of aliphatic hydroxyl groups is 2. The van der Waals surface area contributed by atoms with Crippen molar-refractivity contribution in [3.8, 4) is 0 Å². The van der Waals surface area contributed by atoms with Crippen LogP contribution in [0.3, 0.4) is 0 Å². The third-order valence-corrected chi connectivity index (χ3v) is 17.4. The predicted octanol–water partition coefficient (Wildman–Crippen LogP) is 4.14. The molecule has 12 unspecified atom stereocenters. The van der Waals surface area contributed by atoms with Crippen molar-refractivity contribution in [2.24, 2.45) is 51.8 Å². The van der Waals surface area contributed by atoms with E-state index in [1.807, 2.05) is 19.9 Å². The molecule has 9 fully saturated rings. The number of furan rings is 1. The smallest absolute Gasteiger partial charge is 0.339 e. The largest absolute Gasteiger partial charge is 0.469 e. The molecule has 55 heavy (non-hydrogen) atoms. The number of ketones is 1. The zero-order chi connectivity index (χ0) is 38.1. The Kier molecular flexibility index (Phi) is 8.62. The Morgan fingerprint density at radius 2 is 1.75 bits per heavy atom. The molecule has 302 valence electrons. The Morgan fingerprint density at radius 3 is 2.47 bits per heavy atom. The Morgan fingerprint density at radius 1 is 0.964 bits per heavy atom. The van der Waals surface area contributed by atoms with Gasteiger partial charge in [0.05, 0.1) is 30.3 Å². The van der Waals surface area contributed by atoms with Crippen LogP contribution in [0.2, 0.25) is 0 Å². The van der Waals surface area contributed by atoms with E-state index in [1.165, 1.54) is 0 Å². The summed E-state index contributed by atoms with van der Waals surface area (Å²) in [6, 6.07) is 2.43. The maximum absolute atomic E-state index is 15.2. The number of hydrogen-bond donors (Lipinski definition) is 4. The molecule has 5 saturated heterocycles. The zero-order valence-electron chi connectivity index (χ0n) is 32.7. The van der Waals surface area contributed by atoms with Crippen molar-refractivity contribution in [1.82, 2.24) is 10.6 Å². The summed E-state index contributed by atoms with van der Waals surface area (Å²) < 4.78 is 32.3. The van der Waals surface area contributed by atoms with Crippen molar-refractivity contribution in [3.05, 3.63) is 23.7 Å². The lowest BCUT2D eigenvalue weighted by molar-refractivity contribution is -0.275. The molecule has 12 nitrogen and oxygen atoms in total. The molecule has 9 aliphatic rings. The monoisotopic (exact) mass is 764 g/mol. The van der Waals surface area contributed by atoms with Gasteiger partial charge in [-0.3, -0.25) is 9.59 Å². The summed E-state index contributed by atoms with van der Waals surface area (Å²) in [6.07, 6.45) is 8.89. The van der Waals surface area contributed by atoms with E-state index < -0.39 is 63.8 Å². The Balaban J connectivity index is 1.03. The lowest BCUT2D eigenvalue weighted by Gasteiger charge is -2.70. The van der Waals surface area contributed by atoms with Crippen molar-refractivity contribution in [3.63, 3.8) is 0 Å². The number of rotatable bonds is 7. The number of hydrogen-bond acceptors (Lipinski definition) is 12. The van der Waals surface area contributed by atoms with Crippen molar-refractivity contribution in [2.75, 3.05) is 26.4 Å². The summed E-state index contributed by atoms with van der Waals surface area (Å²) in [6.45, 7) is 7.94. The van der Waals surface area contributed by atoms with Gasteiger partial charge in [-0.1, -0.05) is 26.2 Å². The molecular formula is C43H60N2O10. The second kappa shape index (κ2) is 12.8. The molecule has 4 N–H and O–H groups in total. The Labute approximate surface area is 323 Å². The van der Waals surface area contributed by atoms with E-state index in [9.17, 15) is 19.8 Å². The first kappa shape index (κ1) is 37.0. The third-order valence-electron chi connectivity index (χ3n) is 17.4. The van der Waals surface area contributed by atoms with Crippen LogP contribution < -0.4 is 10.6 Å². The van der Waals surface area contributed by atoms with Crippen molar-refractivity contribution in [1.29, 1.82) is 0 Å². The Bertz CT molecular complexity index is 1710. The minimum atomic E-state index is -1.39. The summed E-state index contributed by atoms with van der Waals surface area (Å²) >= 11 is 0. The summed E-state index contributed by atoms with van der Waals surface area (Å²) in [5, 5.41) is 30.8. The van der Waals surface area contributed by atoms with E-state index in [2.05, 4.69) is 17.6 Å². The van der Waals surface area contributed by atoms with Crippen LogP contribution in [0, 0.1) is 51.8 Å². The number of aliphatic hydroxyl groups excluding tert-OH is 2. The highest BCUT2D eigenvalue weighted by atomic mass is 16.7. The van der Waals surface area contributed by atoms with Crippen LogP contribution in [-0.4, -0.2) is 89.9 Å². The molecule has 4 saturated carbocycles. The number of carbonyl (C=O) groups is 3. The molecule has 1 aromatic rings. The van der Waals surface area contributed by atoms with Crippen LogP contribution in [0.1, 0.15) is 115 Å². The molecule has 4 aliphatic carbocycles. The first-order chi connectivity index (χ1) is 26.4. The van der Waals surface area contributed by atoms with Gasteiger partial charge < -0.3 is 44.2 Å². The van der Waals surface area contributed by atoms with Gasteiger partial charge in [0.15, 0.2) is 11.9 Å². The minimum Gasteiger partial charge on any atom is -0.469 e.